The van der Waals surface area contributed by atoms with Crippen LogP contribution in [0.3, 0.4) is 0 Å². The van der Waals surface area contributed by atoms with Crippen LogP contribution in [0, 0.1) is 0 Å². The number of hydrogen-bond acceptors (Lipinski definition) is 2. The Kier molecular flexibility index (Phi) is 4.56. The molecule has 17 heavy (non-hydrogen) atoms. The molecule has 2 rings (SSSR count). The molecular weight excluding hydrogens is 212 g/mol. The van der Waals surface area contributed by atoms with E-state index in [4.69, 9.17) is 0 Å². The number of benzene rings is 1. The van der Waals surface area contributed by atoms with Crippen LogP contribution in [0.15, 0.2) is 30.3 Å². The maximum atomic E-state index is 11.8. The second kappa shape index (κ2) is 6.40. The number of rotatable bonds is 4. The Balaban J connectivity index is 1.69. The molecule has 1 aromatic carbocycles. The zero-order chi connectivity index (χ0) is 11.9. The van der Waals surface area contributed by atoms with Crippen molar-refractivity contribution in [1.82, 2.24) is 10.6 Å². The highest BCUT2D eigenvalue weighted by Gasteiger charge is 2.19. The summed E-state index contributed by atoms with van der Waals surface area (Å²) >= 11 is 0. The third kappa shape index (κ3) is 3.86. The summed E-state index contributed by atoms with van der Waals surface area (Å²) in [6, 6.07) is 10.3. The lowest BCUT2D eigenvalue weighted by atomic mass is 10.0. The van der Waals surface area contributed by atoms with Crippen molar-refractivity contribution in [2.45, 2.75) is 31.7 Å². The van der Waals surface area contributed by atoms with Crippen LogP contribution in [0.1, 0.15) is 24.8 Å². The topological polar surface area (TPSA) is 41.1 Å². The summed E-state index contributed by atoms with van der Waals surface area (Å²) in [6.07, 6.45) is 4.22. The van der Waals surface area contributed by atoms with Gasteiger partial charge >= 0.3 is 0 Å². The van der Waals surface area contributed by atoms with Crippen LogP contribution < -0.4 is 10.6 Å². The SMILES string of the molecule is O=C(NCCc1ccccc1)[C@@H]1CCCCN1. The first-order valence-electron chi connectivity index (χ1n) is 6.41. The summed E-state index contributed by atoms with van der Waals surface area (Å²) < 4.78 is 0. The minimum atomic E-state index is 0.0273. The van der Waals surface area contributed by atoms with Crippen molar-refractivity contribution in [2.24, 2.45) is 0 Å². The molecule has 0 saturated carbocycles. The van der Waals surface area contributed by atoms with E-state index in [1.54, 1.807) is 0 Å². The fourth-order valence-corrected chi connectivity index (χ4v) is 2.17. The van der Waals surface area contributed by atoms with Gasteiger partial charge in [0, 0.05) is 6.54 Å². The smallest absolute Gasteiger partial charge is 0.237 e. The molecule has 0 unspecified atom stereocenters. The minimum Gasteiger partial charge on any atom is -0.354 e. The van der Waals surface area contributed by atoms with Gasteiger partial charge in [0.25, 0.3) is 0 Å². The Morgan fingerprint density at radius 2 is 2.12 bits per heavy atom. The normalized spacial score (nSPS) is 19.9. The second-order valence-corrected chi connectivity index (χ2v) is 4.53. The molecule has 1 saturated heterocycles. The number of amides is 1. The predicted molar refractivity (Wildman–Crippen MR) is 68.8 cm³/mol. The average Bonchev–Trinajstić information content (AvgIpc) is 2.41. The van der Waals surface area contributed by atoms with Crippen molar-refractivity contribution in [3.05, 3.63) is 35.9 Å². The van der Waals surface area contributed by atoms with Crippen molar-refractivity contribution in [3.8, 4) is 0 Å². The van der Waals surface area contributed by atoms with Gasteiger partial charge in [-0.2, -0.15) is 0 Å². The molecule has 1 heterocycles. The second-order valence-electron chi connectivity index (χ2n) is 4.53. The summed E-state index contributed by atoms with van der Waals surface area (Å²) in [7, 11) is 0. The highest BCUT2D eigenvalue weighted by Crippen LogP contribution is 2.06. The van der Waals surface area contributed by atoms with E-state index in [0.29, 0.717) is 0 Å². The van der Waals surface area contributed by atoms with E-state index in [0.717, 1.165) is 32.4 Å². The minimum absolute atomic E-state index is 0.0273. The standard InChI is InChI=1S/C14H20N2O/c17-14(13-8-4-5-10-15-13)16-11-9-12-6-2-1-3-7-12/h1-3,6-7,13,15H,4-5,8-11H2,(H,16,17)/t13-/m0/s1. The van der Waals surface area contributed by atoms with E-state index >= 15 is 0 Å². The third-order valence-corrected chi connectivity index (χ3v) is 3.18. The van der Waals surface area contributed by atoms with Crippen LogP contribution in [0.5, 0.6) is 0 Å². The fourth-order valence-electron chi connectivity index (χ4n) is 2.17. The molecule has 0 bridgehead atoms. The lowest BCUT2D eigenvalue weighted by Gasteiger charge is -2.22. The van der Waals surface area contributed by atoms with E-state index in [-0.39, 0.29) is 11.9 Å². The maximum Gasteiger partial charge on any atom is 0.237 e. The Morgan fingerprint density at radius 3 is 2.82 bits per heavy atom. The molecule has 1 amide bonds. The molecule has 2 N–H and O–H groups in total. The lowest BCUT2D eigenvalue weighted by Crippen LogP contribution is -2.47. The van der Waals surface area contributed by atoms with Crippen molar-refractivity contribution in [3.63, 3.8) is 0 Å². The summed E-state index contributed by atoms with van der Waals surface area (Å²) in [5.41, 5.74) is 1.27. The molecule has 1 fully saturated rings. The van der Waals surface area contributed by atoms with E-state index in [2.05, 4.69) is 22.8 Å². The van der Waals surface area contributed by atoms with E-state index in [1.165, 1.54) is 12.0 Å². The van der Waals surface area contributed by atoms with Gasteiger partial charge in [0.15, 0.2) is 0 Å². The van der Waals surface area contributed by atoms with Crippen LogP contribution in [0.2, 0.25) is 0 Å². The molecular formula is C14H20N2O. The highest BCUT2D eigenvalue weighted by atomic mass is 16.2. The van der Waals surface area contributed by atoms with E-state index < -0.39 is 0 Å². The highest BCUT2D eigenvalue weighted by molar-refractivity contribution is 5.81. The van der Waals surface area contributed by atoms with E-state index in [1.807, 2.05) is 18.2 Å². The Labute approximate surface area is 103 Å². The summed E-state index contributed by atoms with van der Waals surface area (Å²) in [5, 5.41) is 6.25. The van der Waals surface area contributed by atoms with Gasteiger partial charge in [-0.15, -0.1) is 0 Å². The largest absolute Gasteiger partial charge is 0.354 e. The molecule has 0 radical (unpaired) electrons. The van der Waals surface area contributed by atoms with Crippen LogP contribution in [0.25, 0.3) is 0 Å². The number of piperidine rings is 1. The first-order valence-corrected chi connectivity index (χ1v) is 6.41. The number of hydrogen-bond donors (Lipinski definition) is 2. The van der Waals surface area contributed by atoms with Gasteiger partial charge in [-0.05, 0) is 31.4 Å². The van der Waals surface area contributed by atoms with Crippen molar-refractivity contribution >= 4 is 5.91 Å². The fraction of sp³-hybridized carbons (Fsp3) is 0.500. The zero-order valence-corrected chi connectivity index (χ0v) is 10.1. The van der Waals surface area contributed by atoms with Crippen molar-refractivity contribution in [2.75, 3.05) is 13.1 Å². The molecule has 0 aromatic heterocycles. The molecule has 1 aliphatic rings. The molecule has 0 spiro atoms. The quantitative estimate of drug-likeness (QED) is 0.825. The van der Waals surface area contributed by atoms with Gasteiger partial charge in [-0.25, -0.2) is 0 Å². The summed E-state index contributed by atoms with van der Waals surface area (Å²) in [6.45, 7) is 1.69. The van der Waals surface area contributed by atoms with Crippen LogP contribution in [-0.4, -0.2) is 25.0 Å². The Morgan fingerprint density at radius 1 is 1.29 bits per heavy atom. The number of carbonyl (C=O) groups excluding carboxylic acids is 1. The van der Waals surface area contributed by atoms with Gasteiger partial charge in [0.2, 0.25) is 5.91 Å². The average molecular weight is 232 g/mol. The van der Waals surface area contributed by atoms with Crippen LogP contribution in [0.4, 0.5) is 0 Å². The van der Waals surface area contributed by atoms with Crippen LogP contribution >= 0.6 is 0 Å². The molecule has 3 nitrogen and oxygen atoms in total. The van der Waals surface area contributed by atoms with Crippen molar-refractivity contribution in [1.29, 1.82) is 0 Å². The maximum absolute atomic E-state index is 11.8. The Bertz CT molecular complexity index is 344. The third-order valence-electron chi connectivity index (χ3n) is 3.18. The van der Waals surface area contributed by atoms with Gasteiger partial charge in [-0.1, -0.05) is 36.8 Å². The zero-order valence-electron chi connectivity index (χ0n) is 10.1. The van der Waals surface area contributed by atoms with Gasteiger partial charge in [-0.3, -0.25) is 4.79 Å². The number of nitrogens with one attached hydrogen (secondary N) is 2. The predicted octanol–water partition coefficient (Wildman–Crippen LogP) is 1.49. The molecule has 1 aromatic rings. The number of carbonyl (C=O) groups is 1. The van der Waals surface area contributed by atoms with Gasteiger partial charge in [0.05, 0.1) is 6.04 Å². The van der Waals surface area contributed by atoms with E-state index in [9.17, 15) is 4.79 Å². The molecule has 1 atom stereocenters. The molecule has 1 aliphatic heterocycles. The molecule has 92 valence electrons. The van der Waals surface area contributed by atoms with Gasteiger partial charge < -0.3 is 10.6 Å². The summed E-state index contributed by atoms with van der Waals surface area (Å²) in [5.74, 6) is 0.153. The van der Waals surface area contributed by atoms with Gasteiger partial charge in [0.1, 0.15) is 0 Å². The van der Waals surface area contributed by atoms with Crippen LogP contribution in [-0.2, 0) is 11.2 Å². The first-order chi connectivity index (χ1) is 8.36. The summed E-state index contributed by atoms with van der Waals surface area (Å²) in [4.78, 5) is 11.8. The Hall–Kier alpha value is -1.35. The first kappa shape index (κ1) is 12.1. The lowest BCUT2D eigenvalue weighted by molar-refractivity contribution is -0.123. The monoisotopic (exact) mass is 232 g/mol. The molecule has 3 heteroatoms. The van der Waals surface area contributed by atoms with Crippen molar-refractivity contribution < 1.29 is 4.79 Å². The molecule has 0 aliphatic carbocycles.